The number of nitrogens with one attached hydrogen (secondary N) is 1. The molecule has 0 saturated heterocycles. The van der Waals surface area contributed by atoms with Crippen molar-refractivity contribution in [3.05, 3.63) is 89.6 Å². The Morgan fingerprint density at radius 2 is 1.75 bits per heavy atom. The van der Waals surface area contributed by atoms with Crippen molar-refractivity contribution < 1.29 is 27.8 Å². The van der Waals surface area contributed by atoms with E-state index in [0.29, 0.717) is 23.3 Å². The zero-order chi connectivity index (χ0) is 22.7. The van der Waals surface area contributed by atoms with E-state index in [1.807, 2.05) is 6.07 Å². The minimum atomic E-state index is -4.49. The fraction of sp³-hybridized carbons (Fsp3) is 0.160. The van der Waals surface area contributed by atoms with Crippen molar-refractivity contribution in [3.63, 3.8) is 0 Å². The minimum absolute atomic E-state index is 0.0139. The summed E-state index contributed by atoms with van der Waals surface area (Å²) in [6, 6.07) is 19.9. The minimum Gasteiger partial charge on any atom is -0.489 e. The number of alkyl halides is 3. The summed E-state index contributed by atoms with van der Waals surface area (Å²) >= 11 is 0. The molecule has 0 unspecified atom stereocenters. The van der Waals surface area contributed by atoms with Crippen LogP contribution in [-0.2, 0) is 24.0 Å². The molecule has 0 fully saturated rings. The molecule has 0 radical (unpaired) electrons. The number of halogens is 3. The molecule has 3 aromatic carbocycles. The molecule has 0 spiro atoms. The third-order valence-corrected chi connectivity index (χ3v) is 5.14. The topological polar surface area (TPSA) is 62.3 Å². The molecule has 7 heteroatoms. The van der Waals surface area contributed by atoms with E-state index in [9.17, 15) is 18.0 Å². The SMILES string of the molecule is O=C(O)CCc1cc2cc(OCc3ccc(-c4ccccc4)c(C(F)(F)F)c3)ccc2[nH]1. The second-order valence-corrected chi connectivity index (χ2v) is 7.47. The molecular weight excluding hydrogens is 419 g/mol. The first-order valence-electron chi connectivity index (χ1n) is 10.0. The number of ether oxygens (including phenoxy) is 1. The van der Waals surface area contributed by atoms with Crippen molar-refractivity contribution in [2.45, 2.75) is 25.6 Å². The van der Waals surface area contributed by atoms with E-state index in [1.54, 1.807) is 54.6 Å². The van der Waals surface area contributed by atoms with Gasteiger partial charge in [0.1, 0.15) is 12.4 Å². The molecule has 0 bridgehead atoms. The highest BCUT2D eigenvalue weighted by Gasteiger charge is 2.34. The summed E-state index contributed by atoms with van der Waals surface area (Å²) in [7, 11) is 0. The quantitative estimate of drug-likeness (QED) is 0.348. The van der Waals surface area contributed by atoms with Crippen LogP contribution in [0.5, 0.6) is 5.75 Å². The maximum Gasteiger partial charge on any atom is 0.417 e. The molecule has 0 aliphatic rings. The summed E-state index contributed by atoms with van der Waals surface area (Å²) in [4.78, 5) is 13.9. The van der Waals surface area contributed by atoms with Crippen LogP contribution >= 0.6 is 0 Å². The Balaban J connectivity index is 1.53. The van der Waals surface area contributed by atoms with Crippen LogP contribution in [0.2, 0.25) is 0 Å². The molecule has 1 heterocycles. The van der Waals surface area contributed by atoms with Crippen molar-refractivity contribution in [1.29, 1.82) is 0 Å². The van der Waals surface area contributed by atoms with Gasteiger partial charge in [-0.2, -0.15) is 13.2 Å². The van der Waals surface area contributed by atoms with Gasteiger partial charge in [-0.05, 0) is 53.4 Å². The monoisotopic (exact) mass is 439 g/mol. The van der Waals surface area contributed by atoms with Gasteiger partial charge in [-0.25, -0.2) is 0 Å². The molecule has 4 rings (SSSR count). The van der Waals surface area contributed by atoms with E-state index in [0.717, 1.165) is 22.7 Å². The number of carboxylic acids is 1. The lowest BCUT2D eigenvalue weighted by molar-refractivity contribution is -0.138. The van der Waals surface area contributed by atoms with Gasteiger partial charge in [-0.1, -0.05) is 42.5 Å². The molecule has 1 aromatic heterocycles. The van der Waals surface area contributed by atoms with Crippen molar-refractivity contribution in [2.24, 2.45) is 0 Å². The third kappa shape index (κ3) is 4.94. The molecule has 0 aliphatic heterocycles. The molecule has 164 valence electrons. The largest absolute Gasteiger partial charge is 0.489 e. The van der Waals surface area contributed by atoms with Crippen LogP contribution in [0.25, 0.3) is 22.0 Å². The Hall–Kier alpha value is -3.74. The molecule has 0 amide bonds. The molecule has 32 heavy (non-hydrogen) atoms. The van der Waals surface area contributed by atoms with Crippen LogP contribution in [-0.4, -0.2) is 16.1 Å². The van der Waals surface area contributed by atoms with E-state index in [-0.39, 0.29) is 18.6 Å². The number of aliphatic carboxylic acids is 1. The van der Waals surface area contributed by atoms with Gasteiger partial charge in [-0.15, -0.1) is 0 Å². The van der Waals surface area contributed by atoms with E-state index in [1.165, 1.54) is 6.07 Å². The second-order valence-electron chi connectivity index (χ2n) is 7.47. The van der Waals surface area contributed by atoms with Crippen LogP contribution in [0.3, 0.4) is 0 Å². The van der Waals surface area contributed by atoms with Crippen LogP contribution in [0.15, 0.2) is 72.8 Å². The van der Waals surface area contributed by atoms with Gasteiger partial charge < -0.3 is 14.8 Å². The van der Waals surface area contributed by atoms with E-state index >= 15 is 0 Å². The summed E-state index contributed by atoms with van der Waals surface area (Å²) in [5, 5.41) is 9.66. The average molecular weight is 439 g/mol. The summed E-state index contributed by atoms with van der Waals surface area (Å²) in [5.41, 5.74) is 1.98. The molecule has 4 aromatic rings. The van der Waals surface area contributed by atoms with Crippen molar-refractivity contribution in [1.82, 2.24) is 4.98 Å². The van der Waals surface area contributed by atoms with Crippen LogP contribution in [0, 0.1) is 0 Å². The van der Waals surface area contributed by atoms with Gasteiger partial charge in [-0.3, -0.25) is 4.79 Å². The highest BCUT2D eigenvalue weighted by molar-refractivity contribution is 5.82. The maximum atomic E-state index is 13.7. The van der Waals surface area contributed by atoms with Gasteiger partial charge in [0.15, 0.2) is 0 Å². The molecule has 0 aliphatic carbocycles. The first-order valence-corrected chi connectivity index (χ1v) is 10.0. The molecular formula is C25H20F3NO3. The Morgan fingerprint density at radius 3 is 2.47 bits per heavy atom. The number of aromatic amines is 1. The van der Waals surface area contributed by atoms with Crippen LogP contribution in [0.4, 0.5) is 13.2 Å². The first kappa shape index (κ1) is 21.5. The summed E-state index contributed by atoms with van der Waals surface area (Å²) in [5.74, 6) is -0.355. The number of aryl methyl sites for hydroxylation is 1. The van der Waals surface area contributed by atoms with Crippen LogP contribution in [0.1, 0.15) is 23.2 Å². The Kier molecular flexibility index (Phi) is 5.90. The number of carboxylic acid groups (broad SMARTS) is 1. The zero-order valence-corrected chi connectivity index (χ0v) is 16.9. The lowest BCUT2D eigenvalue weighted by atomic mass is 9.97. The standard InChI is InChI=1S/C25H20F3NO3/c26-25(27,28)22-12-16(6-9-21(22)17-4-2-1-3-5-17)15-32-20-8-10-23-18(14-20)13-19(29-23)7-11-24(30)31/h1-6,8-10,12-14,29H,7,11,15H2,(H,30,31). The Bertz CT molecular complexity index is 1250. The Labute approximate surface area is 182 Å². The maximum absolute atomic E-state index is 13.7. The summed E-state index contributed by atoms with van der Waals surface area (Å²) < 4.78 is 46.8. The highest BCUT2D eigenvalue weighted by atomic mass is 19.4. The summed E-state index contributed by atoms with van der Waals surface area (Å²) in [6.07, 6.45) is -4.08. The lowest BCUT2D eigenvalue weighted by Crippen LogP contribution is -2.09. The normalized spacial score (nSPS) is 11.6. The van der Waals surface area contributed by atoms with E-state index < -0.39 is 17.7 Å². The number of aromatic nitrogens is 1. The van der Waals surface area contributed by atoms with E-state index in [4.69, 9.17) is 9.84 Å². The van der Waals surface area contributed by atoms with Crippen molar-refractivity contribution in [3.8, 4) is 16.9 Å². The second kappa shape index (κ2) is 8.78. The van der Waals surface area contributed by atoms with Gasteiger partial charge in [0.25, 0.3) is 0 Å². The number of benzene rings is 3. The Morgan fingerprint density at radius 1 is 0.969 bits per heavy atom. The zero-order valence-electron chi connectivity index (χ0n) is 16.9. The van der Waals surface area contributed by atoms with Crippen molar-refractivity contribution >= 4 is 16.9 Å². The molecule has 0 atom stereocenters. The number of hydrogen-bond acceptors (Lipinski definition) is 2. The van der Waals surface area contributed by atoms with Gasteiger partial charge >= 0.3 is 12.1 Å². The fourth-order valence-corrected chi connectivity index (χ4v) is 3.59. The van der Waals surface area contributed by atoms with Gasteiger partial charge in [0, 0.05) is 16.6 Å². The molecule has 2 N–H and O–H groups in total. The highest BCUT2D eigenvalue weighted by Crippen LogP contribution is 2.38. The van der Waals surface area contributed by atoms with E-state index in [2.05, 4.69) is 4.98 Å². The smallest absolute Gasteiger partial charge is 0.417 e. The molecule has 0 saturated carbocycles. The van der Waals surface area contributed by atoms with Crippen molar-refractivity contribution in [2.75, 3.05) is 0 Å². The third-order valence-electron chi connectivity index (χ3n) is 5.14. The number of H-pyrrole nitrogens is 1. The van der Waals surface area contributed by atoms with Gasteiger partial charge in [0.2, 0.25) is 0 Å². The van der Waals surface area contributed by atoms with Gasteiger partial charge in [0.05, 0.1) is 12.0 Å². The number of carbonyl (C=O) groups is 1. The lowest BCUT2D eigenvalue weighted by Gasteiger charge is -2.15. The predicted octanol–water partition coefficient (Wildman–Crippen LogP) is 6.45. The predicted molar refractivity (Wildman–Crippen MR) is 115 cm³/mol. The average Bonchev–Trinajstić information content (AvgIpc) is 3.18. The first-order chi connectivity index (χ1) is 15.3. The number of hydrogen-bond donors (Lipinski definition) is 2. The summed E-state index contributed by atoms with van der Waals surface area (Å²) in [6.45, 7) is -0.0139. The fourth-order valence-electron chi connectivity index (χ4n) is 3.59. The van der Waals surface area contributed by atoms with Crippen LogP contribution < -0.4 is 4.74 Å². The molecule has 4 nitrogen and oxygen atoms in total. The number of fused-ring (bicyclic) bond motifs is 1. The number of rotatable bonds is 7.